The number of nitrogens with zero attached hydrogens (tertiary/aromatic N) is 1. The summed E-state index contributed by atoms with van der Waals surface area (Å²) in [6, 6.07) is 12.7. The van der Waals surface area contributed by atoms with Crippen LogP contribution in [-0.4, -0.2) is 30.1 Å². The van der Waals surface area contributed by atoms with Gasteiger partial charge in [-0.1, -0.05) is 30.3 Å². The molecule has 1 aromatic heterocycles. The fourth-order valence-corrected chi connectivity index (χ4v) is 3.00. The largest absolute Gasteiger partial charge is 0.465 e. The maximum atomic E-state index is 12.6. The second-order valence-electron chi connectivity index (χ2n) is 5.96. The lowest BCUT2D eigenvalue weighted by Crippen LogP contribution is -2.27. The molecular formula is C21H21NO5. The number of hydrogen-bond acceptors (Lipinski definition) is 6. The van der Waals surface area contributed by atoms with E-state index in [0.29, 0.717) is 28.1 Å². The second kappa shape index (κ2) is 8.03. The van der Waals surface area contributed by atoms with Crippen LogP contribution < -0.4 is 0 Å². The van der Waals surface area contributed by atoms with Crippen molar-refractivity contribution in [3.8, 4) is 11.5 Å². The molecule has 0 amide bonds. The van der Waals surface area contributed by atoms with Gasteiger partial charge >= 0.3 is 11.9 Å². The summed E-state index contributed by atoms with van der Waals surface area (Å²) in [6.45, 7) is 5.59. The highest BCUT2D eigenvalue weighted by atomic mass is 16.6. The fourth-order valence-electron chi connectivity index (χ4n) is 3.00. The van der Waals surface area contributed by atoms with E-state index in [1.54, 1.807) is 26.0 Å². The van der Waals surface area contributed by atoms with Crippen molar-refractivity contribution in [3.63, 3.8) is 0 Å². The van der Waals surface area contributed by atoms with Crippen molar-refractivity contribution in [2.75, 3.05) is 13.2 Å². The Bertz CT molecular complexity index is 925. The number of aryl methyl sites for hydroxylation is 1. The summed E-state index contributed by atoms with van der Waals surface area (Å²) >= 11 is 0. The molecular weight excluding hydrogens is 346 g/mol. The molecule has 0 spiro atoms. The Balaban J connectivity index is 2.17. The molecule has 0 atom stereocenters. The summed E-state index contributed by atoms with van der Waals surface area (Å²) in [4.78, 5) is 29.6. The van der Waals surface area contributed by atoms with Crippen LogP contribution in [0.1, 0.15) is 30.9 Å². The van der Waals surface area contributed by atoms with Gasteiger partial charge in [0.2, 0.25) is 5.89 Å². The third-order valence-electron chi connectivity index (χ3n) is 4.17. The van der Waals surface area contributed by atoms with Crippen LogP contribution in [0.3, 0.4) is 0 Å². The Morgan fingerprint density at radius 3 is 2.30 bits per heavy atom. The fraction of sp³-hybridized carbons (Fsp3) is 0.286. The number of hydrogen-bond donors (Lipinski definition) is 0. The standard InChI is InChI=1S/C21H21NO5/c1-4-25-20(23)18(21(24)26-5-2)14-10-8-9-13(3)17(14)19-22-15-11-6-7-12-16(15)27-19/h6-12,18H,4-5H2,1-3H3. The molecule has 140 valence electrons. The van der Waals surface area contributed by atoms with Crippen LogP contribution in [0.2, 0.25) is 0 Å². The molecule has 0 fully saturated rings. The molecule has 2 aromatic carbocycles. The van der Waals surface area contributed by atoms with Crippen LogP contribution in [-0.2, 0) is 19.1 Å². The smallest absolute Gasteiger partial charge is 0.324 e. The molecule has 0 saturated heterocycles. The topological polar surface area (TPSA) is 78.6 Å². The summed E-state index contributed by atoms with van der Waals surface area (Å²) in [5, 5.41) is 0. The van der Waals surface area contributed by atoms with Gasteiger partial charge in [0.05, 0.1) is 13.2 Å². The normalized spacial score (nSPS) is 11.0. The first-order valence-electron chi connectivity index (χ1n) is 8.85. The molecule has 0 aliphatic carbocycles. The number of esters is 2. The maximum absolute atomic E-state index is 12.6. The van der Waals surface area contributed by atoms with Gasteiger partial charge in [-0.3, -0.25) is 9.59 Å². The molecule has 0 unspecified atom stereocenters. The van der Waals surface area contributed by atoms with E-state index in [-0.39, 0.29) is 13.2 Å². The van der Waals surface area contributed by atoms with Gasteiger partial charge in [-0.15, -0.1) is 0 Å². The Morgan fingerprint density at radius 1 is 1.00 bits per heavy atom. The summed E-state index contributed by atoms with van der Waals surface area (Å²) in [5.41, 5.74) is 3.21. The van der Waals surface area contributed by atoms with Gasteiger partial charge in [0.15, 0.2) is 11.5 Å². The Kier molecular flexibility index (Phi) is 5.54. The highest BCUT2D eigenvalue weighted by Crippen LogP contribution is 2.35. The van der Waals surface area contributed by atoms with Gasteiger partial charge in [-0.2, -0.15) is 0 Å². The molecule has 0 radical (unpaired) electrons. The van der Waals surface area contributed by atoms with Crippen LogP contribution in [0.4, 0.5) is 0 Å². The van der Waals surface area contributed by atoms with Crippen LogP contribution in [0.5, 0.6) is 0 Å². The molecule has 3 aromatic rings. The molecule has 0 aliphatic rings. The Morgan fingerprint density at radius 2 is 1.67 bits per heavy atom. The third-order valence-corrected chi connectivity index (χ3v) is 4.17. The SMILES string of the molecule is CCOC(=O)C(C(=O)OCC)c1cccc(C)c1-c1nc2ccccc2o1. The minimum atomic E-state index is -1.20. The zero-order chi connectivity index (χ0) is 19.4. The molecule has 1 heterocycles. The van der Waals surface area contributed by atoms with E-state index in [0.717, 1.165) is 5.56 Å². The number of oxazole rings is 1. The van der Waals surface area contributed by atoms with Crippen molar-refractivity contribution >= 4 is 23.0 Å². The van der Waals surface area contributed by atoms with Crippen LogP contribution >= 0.6 is 0 Å². The lowest BCUT2D eigenvalue weighted by Gasteiger charge is -2.18. The lowest BCUT2D eigenvalue weighted by atomic mass is 9.91. The molecule has 0 bridgehead atoms. The summed E-state index contributed by atoms with van der Waals surface area (Å²) in [7, 11) is 0. The van der Waals surface area contributed by atoms with Crippen molar-refractivity contribution in [3.05, 3.63) is 53.6 Å². The van der Waals surface area contributed by atoms with Crippen molar-refractivity contribution < 1.29 is 23.5 Å². The van der Waals surface area contributed by atoms with Gasteiger partial charge < -0.3 is 13.9 Å². The van der Waals surface area contributed by atoms with Gasteiger partial charge in [0.1, 0.15) is 5.52 Å². The van der Waals surface area contributed by atoms with Crippen molar-refractivity contribution in [2.45, 2.75) is 26.7 Å². The highest BCUT2D eigenvalue weighted by Gasteiger charge is 2.35. The van der Waals surface area contributed by atoms with Crippen LogP contribution in [0.25, 0.3) is 22.6 Å². The molecule has 27 heavy (non-hydrogen) atoms. The van der Waals surface area contributed by atoms with E-state index in [9.17, 15) is 9.59 Å². The lowest BCUT2D eigenvalue weighted by molar-refractivity contribution is -0.156. The van der Waals surface area contributed by atoms with Gasteiger partial charge in [-0.25, -0.2) is 4.98 Å². The number of benzene rings is 2. The molecule has 3 rings (SSSR count). The number of fused-ring (bicyclic) bond motifs is 1. The molecule has 6 heteroatoms. The second-order valence-corrected chi connectivity index (χ2v) is 5.96. The predicted octanol–water partition coefficient (Wildman–Crippen LogP) is 4.01. The van der Waals surface area contributed by atoms with Crippen molar-refractivity contribution in [1.29, 1.82) is 0 Å². The first-order valence-corrected chi connectivity index (χ1v) is 8.85. The maximum Gasteiger partial charge on any atom is 0.324 e. The summed E-state index contributed by atoms with van der Waals surface area (Å²) in [6.07, 6.45) is 0. The first kappa shape index (κ1) is 18.6. The number of carbonyl (C=O) groups is 2. The van der Waals surface area contributed by atoms with E-state index >= 15 is 0 Å². The van der Waals surface area contributed by atoms with E-state index in [2.05, 4.69) is 4.98 Å². The quantitative estimate of drug-likeness (QED) is 0.484. The van der Waals surface area contributed by atoms with E-state index in [4.69, 9.17) is 13.9 Å². The zero-order valence-corrected chi connectivity index (χ0v) is 15.5. The van der Waals surface area contributed by atoms with Crippen molar-refractivity contribution in [1.82, 2.24) is 4.98 Å². The number of para-hydroxylation sites is 2. The molecule has 6 nitrogen and oxygen atoms in total. The third kappa shape index (κ3) is 3.69. The first-order chi connectivity index (χ1) is 13.1. The number of rotatable bonds is 6. The zero-order valence-electron chi connectivity index (χ0n) is 15.5. The number of ether oxygens (including phenoxy) is 2. The van der Waals surface area contributed by atoms with Crippen LogP contribution in [0.15, 0.2) is 46.9 Å². The summed E-state index contributed by atoms with van der Waals surface area (Å²) < 4.78 is 16.1. The van der Waals surface area contributed by atoms with E-state index in [1.807, 2.05) is 37.3 Å². The molecule has 0 N–H and O–H groups in total. The predicted molar refractivity (Wildman–Crippen MR) is 100 cm³/mol. The monoisotopic (exact) mass is 367 g/mol. The highest BCUT2D eigenvalue weighted by molar-refractivity contribution is 6.02. The minimum absolute atomic E-state index is 0.165. The van der Waals surface area contributed by atoms with E-state index < -0.39 is 17.9 Å². The summed E-state index contributed by atoms with van der Waals surface area (Å²) in [5.74, 6) is -2.16. The minimum Gasteiger partial charge on any atom is -0.465 e. The number of carbonyl (C=O) groups excluding carboxylic acids is 2. The van der Waals surface area contributed by atoms with Gasteiger partial charge in [0, 0.05) is 5.56 Å². The van der Waals surface area contributed by atoms with Gasteiger partial charge in [0.25, 0.3) is 0 Å². The molecule has 0 aliphatic heterocycles. The van der Waals surface area contributed by atoms with Crippen molar-refractivity contribution in [2.24, 2.45) is 0 Å². The van der Waals surface area contributed by atoms with Gasteiger partial charge in [-0.05, 0) is 44.0 Å². The van der Waals surface area contributed by atoms with Crippen LogP contribution in [0, 0.1) is 6.92 Å². The average Bonchev–Trinajstić information content (AvgIpc) is 3.06. The average molecular weight is 367 g/mol. The number of aromatic nitrogens is 1. The Hall–Kier alpha value is -3.15. The Labute approximate surface area is 157 Å². The van der Waals surface area contributed by atoms with E-state index in [1.165, 1.54) is 0 Å². The molecule has 0 saturated carbocycles.